The zero-order chi connectivity index (χ0) is 5.15. The van der Waals surface area contributed by atoms with Gasteiger partial charge in [0.2, 0.25) is 6.42 Å². The fraction of sp³-hybridized carbons (Fsp3) is 1.00. The number of rotatable bonds is 1. The van der Waals surface area contributed by atoms with Gasteiger partial charge >= 0.3 is 0 Å². The van der Waals surface area contributed by atoms with Crippen molar-refractivity contribution < 1.29 is 4.39 Å². The first-order valence-corrected chi connectivity index (χ1v) is 1.76. The summed E-state index contributed by atoms with van der Waals surface area (Å²) < 4.78 is 12.1. The molecule has 0 heterocycles. The molecule has 0 radical (unpaired) electrons. The van der Waals surface area contributed by atoms with Crippen LogP contribution in [0, 0.1) is 0 Å². The first-order chi connectivity index (χ1) is 2.64. The summed E-state index contributed by atoms with van der Waals surface area (Å²) in [5, 5.41) is 0. The molecule has 0 bridgehead atoms. The van der Waals surface area contributed by atoms with Crippen LogP contribution in [0.2, 0.25) is 0 Å². The Morgan fingerprint density at radius 2 is 2.17 bits per heavy atom. The van der Waals surface area contributed by atoms with Gasteiger partial charge in [0.15, 0.2) is 0 Å². The molecule has 0 aliphatic rings. The highest BCUT2D eigenvalue weighted by Crippen LogP contribution is 1.90. The fourth-order valence-electron chi connectivity index (χ4n) is 0. The van der Waals surface area contributed by atoms with E-state index < -0.39 is 6.42 Å². The molecule has 0 amide bonds. The van der Waals surface area contributed by atoms with Gasteiger partial charge < -0.3 is 0 Å². The van der Waals surface area contributed by atoms with E-state index in [-0.39, 0.29) is 0 Å². The third kappa shape index (κ3) is 2.38. The maximum absolute atomic E-state index is 11.4. The molecule has 1 atom stereocenters. The summed E-state index contributed by atoms with van der Waals surface area (Å²) in [4.78, 5) is 0. The number of hydrogen-bond donors (Lipinski definition) is 1. The molecule has 0 spiro atoms. The van der Waals surface area contributed by atoms with Crippen LogP contribution in [0.15, 0.2) is 0 Å². The topological polar surface area (TPSA) is 29.3 Å². The second kappa shape index (κ2) is 2.34. The Labute approximate surface area is 40.8 Å². The van der Waals surface area contributed by atoms with Crippen molar-refractivity contribution in [3.63, 3.8) is 0 Å². The molecule has 4 heteroatoms. The normalized spacial score (nSPS) is 15.5. The fourth-order valence-corrected chi connectivity index (χ4v) is 0. The van der Waals surface area contributed by atoms with Crippen molar-refractivity contribution in [2.75, 3.05) is 7.05 Å². The Bertz CT molecular complexity index is 32.5. The summed E-state index contributed by atoms with van der Waals surface area (Å²) in [6, 6.07) is 0. The van der Waals surface area contributed by atoms with Crippen LogP contribution in [-0.4, -0.2) is 17.9 Å². The third-order valence-corrected chi connectivity index (χ3v) is 0.526. The van der Waals surface area contributed by atoms with Crippen molar-refractivity contribution in [1.29, 1.82) is 0 Å². The van der Waals surface area contributed by atoms with E-state index in [9.17, 15) is 4.39 Å². The maximum atomic E-state index is 11.4. The van der Waals surface area contributed by atoms with Crippen LogP contribution < -0.4 is 5.73 Å². The molecule has 0 fully saturated rings. The lowest BCUT2D eigenvalue weighted by Crippen LogP contribution is -2.27. The molecule has 1 unspecified atom stereocenters. The maximum Gasteiger partial charge on any atom is 0.217 e. The molecule has 2 N–H and O–H groups in total. The van der Waals surface area contributed by atoms with Gasteiger partial charge in [0, 0.05) is 7.05 Å². The molecule has 0 aromatic heterocycles. The van der Waals surface area contributed by atoms with Gasteiger partial charge in [-0.25, -0.2) is 4.39 Å². The number of halogens is 2. The standard InChI is InChI=1S/C2H6ClFN2/c1-6(3)2(4)5/h2H,5H2,1H3. The Hall–Kier alpha value is 0.140. The smallest absolute Gasteiger partial charge is 0.217 e. The highest BCUT2D eigenvalue weighted by molar-refractivity contribution is 6.13. The third-order valence-electron chi connectivity index (χ3n) is 0.340. The number of alkyl halides is 1. The van der Waals surface area contributed by atoms with E-state index in [1.165, 1.54) is 7.05 Å². The van der Waals surface area contributed by atoms with Crippen molar-refractivity contribution in [2.45, 2.75) is 6.42 Å². The summed E-state index contributed by atoms with van der Waals surface area (Å²) >= 11 is 4.95. The largest absolute Gasteiger partial charge is 0.288 e. The molecule has 2 nitrogen and oxygen atoms in total. The van der Waals surface area contributed by atoms with E-state index in [0.717, 1.165) is 4.42 Å². The minimum absolute atomic E-state index is 0.750. The zero-order valence-corrected chi connectivity index (χ0v) is 4.11. The van der Waals surface area contributed by atoms with Gasteiger partial charge in [0.25, 0.3) is 0 Å². The number of nitrogens with zero attached hydrogens (tertiary/aromatic N) is 1. The predicted molar refractivity (Wildman–Crippen MR) is 22.7 cm³/mol. The van der Waals surface area contributed by atoms with Gasteiger partial charge in [-0.1, -0.05) is 0 Å². The Morgan fingerprint density at radius 1 is 2.00 bits per heavy atom. The molecular weight excluding hydrogens is 106 g/mol. The summed E-state index contributed by atoms with van der Waals surface area (Å²) in [6.45, 7) is 0. The van der Waals surface area contributed by atoms with Gasteiger partial charge in [0.1, 0.15) is 0 Å². The second-order valence-electron chi connectivity index (χ2n) is 0.897. The van der Waals surface area contributed by atoms with Crippen LogP contribution >= 0.6 is 11.8 Å². The summed E-state index contributed by atoms with van der Waals surface area (Å²) in [7, 11) is 1.34. The zero-order valence-electron chi connectivity index (χ0n) is 3.36. The van der Waals surface area contributed by atoms with E-state index in [0.29, 0.717) is 0 Å². The summed E-state index contributed by atoms with van der Waals surface area (Å²) in [5.41, 5.74) is 4.56. The molecule has 0 aromatic carbocycles. The monoisotopic (exact) mass is 112 g/mol. The van der Waals surface area contributed by atoms with E-state index in [4.69, 9.17) is 11.8 Å². The first-order valence-electron chi connectivity index (χ1n) is 1.43. The lowest BCUT2D eigenvalue weighted by atomic mass is 11.0. The van der Waals surface area contributed by atoms with E-state index >= 15 is 0 Å². The van der Waals surface area contributed by atoms with Gasteiger partial charge in [0.05, 0.1) is 0 Å². The van der Waals surface area contributed by atoms with Gasteiger partial charge in [-0.3, -0.25) is 5.73 Å². The van der Waals surface area contributed by atoms with Crippen molar-refractivity contribution in [1.82, 2.24) is 4.42 Å². The first kappa shape index (κ1) is 6.14. The summed E-state index contributed by atoms with van der Waals surface area (Å²) in [5.74, 6) is 0. The Morgan fingerprint density at radius 3 is 2.17 bits per heavy atom. The van der Waals surface area contributed by atoms with Crippen molar-refractivity contribution in [3.05, 3.63) is 0 Å². The van der Waals surface area contributed by atoms with Crippen molar-refractivity contribution in [3.8, 4) is 0 Å². The van der Waals surface area contributed by atoms with Crippen molar-refractivity contribution >= 4 is 11.8 Å². The summed E-state index contributed by atoms with van der Waals surface area (Å²) in [6.07, 6.45) is -1.55. The van der Waals surface area contributed by atoms with Crippen LogP contribution in [0.25, 0.3) is 0 Å². The van der Waals surface area contributed by atoms with E-state index in [1.54, 1.807) is 0 Å². The van der Waals surface area contributed by atoms with Crippen LogP contribution in [0.1, 0.15) is 0 Å². The van der Waals surface area contributed by atoms with Crippen LogP contribution in [0.4, 0.5) is 4.39 Å². The minimum Gasteiger partial charge on any atom is -0.288 e. The molecule has 0 saturated carbocycles. The minimum atomic E-state index is -1.55. The Balaban J connectivity index is 2.99. The van der Waals surface area contributed by atoms with Gasteiger partial charge in [-0.15, -0.1) is 0 Å². The Kier molecular flexibility index (Phi) is 2.39. The van der Waals surface area contributed by atoms with E-state index in [1.807, 2.05) is 0 Å². The highest BCUT2D eigenvalue weighted by atomic mass is 35.5. The van der Waals surface area contributed by atoms with Crippen LogP contribution in [0.5, 0.6) is 0 Å². The predicted octanol–water partition coefficient (Wildman–Crippen LogP) is 0.284. The lowest BCUT2D eigenvalue weighted by molar-refractivity contribution is 0.204. The number of hydrogen-bond acceptors (Lipinski definition) is 2. The lowest BCUT2D eigenvalue weighted by Gasteiger charge is -2.04. The second-order valence-corrected chi connectivity index (χ2v) is 1.43. The SMILES string of the molecule is CN(Cl)C(N)F. The number of nitrogens with two attached hydrogens (primary N) is 1. The molecule has 38 valence electrons. The average Bonchev–Trinajstić information content (AvgIpc) is 1.36. The molecule has 0 rings (SSSR count). The van der Waals surface area contributed by atoms with Crippen LogP contribution in [0.3, 0.4) is 0 Å². The molecule has 6 heavy (non-hydrogen) atoms. The van der Waals surface area contributed by atoms with Gasteiger partial charge in [-0.05, 0) is 11.8 Å². The molecule has 0 saturated heterocycles. The molecular formula is C2H6ClFN2. The molecule has 0 aliphatic carbocycles. The quantitative estimate of drug-likeness (QED) is 0.300. The van der Waals surface area contributed by atoms with Gasteiger partial charge in [-0.2, -0.15) is 4.42 Å². The van der Waals surface area contributed by atoms with Crippen molar-refractivity contribution in [2.24, 2.45) is 5.73 Å². The molecule has 0 aliphatic heterocycles. The molecule has 0 aromatic rings. The average molecular weight is 113 g/mol. The van der Waals surface area contributed by atoms with Crippen LogP contribution in [-0.2, 0) is 0 Å². The van der Waals surface area contributed by atoms with E-state index in [2.05, 4.69) is 5.73 Å². The highest BCUT2D eigenvalue weighted by Gasteiger charge is 1.98.